The lowest BCUT2D eigenvalue weighted by atomic mass is 10.1. The van der Waals surface area contributed by atoms with Gasteiger partial charge in [0.2, 0.25) is 0 Å². The minimum atomic E-state index is -0.885. The van der Waals surface area contributed by atoms with Gasteiger partial charge in [-0.25, -0.2) is 0 Å². The van der Waals surface area contributed by atoms with Crippen molar-refractivity contribution in [2.75, 3.05) is 20.3 Å². The molecular weight excluding hydrogens is 244 g/mol. The standard InChI is InChI=1S/C12H15ClO4/c1-16-6-5-9(12(14)15)8-17-11-4-2-3-10(13)7-11/h2-4,7,9H,5-6,8H2,1H3,(H,14,15). The molecule has 94 valence electrons. The van der Waals surface area contributed by atoms with E-state index in [9.17, 15) is 4.79 Å². The van der Waals surface area contributed by atoms with Crippen molar-refractivity contribution in [2.24, 2.45) is 5.92 Å². The Morgan fingerprint density at radius 3 is 2.88 bits per heavy atom. The summed E-state index contributed by atoms with van der Waals surface area (Å²) in [5, 5.41) is 9.53. The predicted molar refractivity (Wildman–Crippen MR) is 64.6 cm³/mol. The van der Waals surface area contributed by atoms with Gasteiger partial charge in [-0.15, -0.1) is 0 Å². The van der Waals surface area contributed by atoms with E-state index >= 15 is 0 Å². The summed E-state index contributed by atoms with van der Waals surface area (Å²) in [4.78, 5) is 10.9. The molecule has 0 bridgehead atoms. The first-order valence-corrected chi connectivity index (χ1v) is 5.61. The van der Waals surface area contributed by atoms with Crippen LogP contribution in [-0.2, 0) is 9.53 Å². The fourth-order valence-corrected chi connectivity index (χ4v) is 1.47. The normalized spacial score (nSPS) is 12.1. The SMILES string of the molecule is COCCC(COc1cccc(Cl)c1)C(=O)O. The molecule has 0 aliphatic heterocycles. The van der Waals surface area contributed by atoms with Crippen LogP contribution in [0.5, 0.6) is 5.75 Å². The Morgan fingerprint density at radius 1 is 1.53 bits per heavy atom. The largest absolute Gasteiger partial charge is 0.493 e. The molecule has 4 nitrogen and oxygen atoms in total. The minimum absolute atomic E-state index is 0.110. The quantitative estimate of drug-likeness (QED) is 0.816. The van der Waals surface area contributed by atoms with Gasteiger partial charge in [0.15, 0.2) is 0 Å². The molecule has 0 saturated heterocycles. The fourth-order valence-electron chi connectivity index (χ4n) is 1.29. The van der Waals surface area contributed by atoms with Gasteiger partial charge in [-0.1, -0.05) is 17.7 Å². The number of halogens is 1. The molecule has 0 heterocycles. The van der Waals surface area contributed by atoms with Gasteiger partial charge in [0.25, 0.3) is 0 Å². The van der Waals surface area contributed by atoms with Crippen molar-refractivity contribution < 1.29 is 19.4 Å². The van der Waals surface area contributed by atoms with Gasteiger partial charge in [0.05, 0.1) is 5.92 Å². The topological polar surface area (TPSA) is 55.8 Å². The van der Waals surface area contributed by atoms with Gasteiger partial charge in [0, 0.05) is 18.7 Å². The molecule has 0 aromatic heterocycles. The molecule has 1 atom stereocenters. The van der Waals surface area contributed by atoms with Crippen molar-refractivity contribution in [3.63, 3.8) is 0 Å². The van der Waals surface area contributed by atoms with Crippen LogP contribution in [0.25, 0.3) is 0 Å². The number of carbonyl (C=O) groups is 1. The van der Waals surface area contributed by atoms with Crippen LogP contribution >= 0.6 is 11.6 Å². The van der Waals surface area contributed by atoms with E-state index in [4.69, 9.17) is 26.2 Å². The summed E-state index contributed by atoms with van der Waals surface area (Å²) in [5.74, 6) is -0.890. The number of aliphatic carboxylic acids is 1. The summed E-state index contributed by atoms with van der Waals surface area (Å²) in [6.45, 7) is 0.509. The molecule has 0 aliphatic rings. The fraction of sp³-hybridized carbons (Fsp3) is 0.417. The maximum absolute atomic E-state index is 10.9. The van der Waals surface area contributed by atoms with Crippen LogP contribution in [0, 0.1) is 5.92 Å². The Balaban J connectivity index is 2.48. The van der Waals surface area contributed by atoms with Gasteiger partial charge >= 0.3 is 5.97 Å². The number of carboxylic acids is 1. The molecule has 17 heavy (non-hydrogen) atoms. The molecule has 1 rings (SSSR count). The van der Waals surface area contributed by atoms with Gasteiger partial charge in [-0.3, -0.25) is 4.79 Å². The zero-order valence-corrected chi connectivity index (χ0v) is 10.3. The molecule has 1 N–H and O–H groups in total. The Kier molecular flexibility index (Phi) is 5.80. The van der Waals surface area contributed by atoms with Crippen LogP contribution in [-0.4, -0.2) is 31.4 Å². The van der Waals surface area contributed by atoms with Gasteiger partial charge in [-0.05, 0) is 24.6 Å². The number of carboxylic acid groups (broad SMARTS) is 1. The van der Waals surface area contributed by atoms with Gasteiger partial charge in [-0.2, -0.15) is 0 Å². The lowest BCUT2D eigenvalue weighted by Gasteiger charge is -2.13. The van der Waals surface area contributed by atoms with Crippen molar-refractivity contribution >= 4 is 17.6 Å². The van der Waals surface area contributed by atoms with E-state index in [2.05, 4.69) is 0 Å². The molecule has 0 amide bonds. The van der Waals surface area contributed by atoms with E-state index in [1.807, 2.05) is 0 Å². The number of hydrogen-bond acceptors (Lipinski definition) is 3. The highest BCUT2D eigenvalue weighted by atomic mass is 35.5. The van der Waals surface area contributed by atoms with Crippen molar-refractivity contribution in [3.8, 4) is 5.75 Å². The second-order valence-electron chi connectivity index (χ2n) is 3.59. The molecule has 1 aromatic carbocycles. The first-order valence-electron chi connectivity index (χ1n) is 5.23. The Morgan fingerprint density at radius 2 is 2.29 bits per heavy atom. The lowest BCUT2D eigenvalue weighted by Crippen LogP contribution is -2.23. The van der Waals surface area contributed by atoms with E-state index in [0.29, 0.717) is 23.8 Å². The summed E-state index contributed by atoms with van der Waals surface area (Å²) in [6.07, 6.45) is 0.423. The molecule has 0 spiro atoms. The molecular formula is C12H15ClO4. The molecule has 5 heteroatoms. The summed E-state index contributed by atoms with van der Waals surface area (Å²) >= 11 is 5.79. The monoisotopic (exact) mass is 258 g/mol. The summed E-state index contributed by atoms with van der Waals surface area (Å²) in [5.41, 5.74) is 0. The second-order valence-corrected chi connectivity index (χ2v) is 4.02. The van der Waals surface area contributed by atoms with Crippen molar-refractivity contribution in [2.45, 2.75) is 6.42 Å². The Labute approximate surface area is 105 Å². The van der Waals surface area contributed by atoms with Crippen LogP contribution in [0.15, 0.2) is 24.3 Å². The maximum atomic E-state index is 10.9. The minimum Gasteiger partial charge on any atom is -0.493 e. The summed E-state index contributed by atoms with van der Waals surface area (Å²) in [6, 6.07) is 6.87. The van der Waals surface area contributed by atoms with Crippen LogP contribution in [0.1, 0.15) is 6.42 Å². The second kappa shape index (κ2) is 7.14. The number of rotatable bonds is 7. The van der Waals surface area contributed by atoms with E-state index in [-0.39, 0.29) is 6.61 Å². The lowest BCUT2D eigenvalue weighted by molar-refractivity contribution is -0.143. The third kappa shape index (κ3) is 5.06. The maximum Gasteiger partial charge on any atom is 0.310 e. The first-order chi connectivity index (χ1) is 8.13. The first kappa shape index (κ1) is 13.8. The van der Waals surface area contributed by atoms with Crippen molar-refractivity contribution in [1.29, 1.82) is 0 Å². The average molecular weight is 259 g/mol. The number of methoxy groups -OCH3 is 1. The van der Waals surface area contributed by atoms with Crippen LogP contribution < -0.4 is 4.74 Å². The van der Waals surface area contributed by atoms with Crippen LogP contribution in [0.2, 0.25) is 5.02 Å². The molecule has 0 fully saturated rings. The average Bonchev–Trinajstić information content (AvgIpc) is 2.28. The number of hydrogen-bond donors (Lipinski definition) is 1. The predicted octanol–water partition coefficient (Wildman–Crippen LogP) is 2.46. The number of ether oxygens (including phenoxy) is 2. The third-order valence-electron chi connectivity index (χ3n) is 2.27. The smallest absolute Gasteiger partial charge is 0.310 e. The van der Waals surface area contributed by atoms with E-state index < -0.39 is 11.9 Å². The summed E-state index contributed by atoms with van der Waals surface area (Å²) < 4.78 is 10.2. The molecule has 1 unspecified atom stereocenters. The van der Waals surface area contributed by atoms with Gasteiger partial charge in [0.1, 0.15) is 12.4 Å². The highest BCUT2D eigenvalue weighted by Gasteiger charge is 2.17. The summed E-state index contributed by atoms with van der Waals surface area (Å²) in [7, 11) is 1.54. The molecule has 0 aliphatic carbocycles. The Bertz CT molecular complexity index is 367. The molecule has 1 aromatic rings. The highest BCUT2D eigenvalue weighted by Crippen LogP contribution is 2.18. The molecule has 0 radical (unpaired) electrons. The van der Waals surface area contributed by atoms with Gasteiger partial charge < -0.3 is 14.6 Å². The van der Waals surface area contributed by atoms with Crippen molar-refractivity contribution in [1.82, 2.24) is 0 Å². The van der Waals surface area contributed by atoms with Crippen LogP contribution in [0.4, 0.5) is 0 Å². The van der Waals surface area contributed by atoms with E-state index in [0.717, 1.165) is 0 Å². The number of benzene rings is 1. The molecule has 0 saturated carbocycles. The van der Waals surface area contributed by atoms with Crippen LogP contribution in [0.3, 0.4) is 0 Å². The highest BCUT2D eigenvalue weighted by molar-refractivity contribution is 6.30. The van der Waals surface area contributed by atoms with E-state index in [1.165, 1.54) is 7.11 Å². The zero-order valence-electron chi connectivity index (χ0n) is 9.56. The zero-order chi connectivity index (χ0) is 12.7. The third-order valence-corrected chi connectivity index (χ3v) is 2.50. The van der Waals surface area contributed by atoms with Crippen molar-refractivity contribution in [3.05, 3.63) is 29.3 Å². The Hall–Kier alpha value is -1.26. The van der Waals surface area contributed by atoms with E-state index in [1.54, 1.807) is 24.3 Å².